The summed E-state index contributed by atoms with van der Waals surface area (Å²) in [5.41, 5.74) is 0.626. The number of ether oxygens (including phenoxy) is 1. The van der Waals surface area contributed by atoms with Crippen LogP contribution < -0.4 is 0 Å². The summed E-state index contributed by atoms with van der Waals surface area (Å²) in [6.07, 6.45) is 0. The number of carbonyl (C=O) groups excluding carboxylic acids is 1. The molecule has 0 saturated carbocycles. The zero-order valence-corrected chi connectivity index (χ0v) is 9.08. The van der Waals surface area contributed by atoms with Gasteiger partial charge in [-0.2, -0.15) is 0 Å². The fourth-order valence-electron chi connectivity index (χ4n) is 0.750. The Morgan fingerprint density at radius 2 is 2.00 bits per heavy atom. The third-order valence-electron chi connectivity index (χ3n) is 1.24. The number of hydrogen-bond donors (Lipinski definition) is 0. The summed E-state index contributed by atoms with van der Waals surface area (Å²) >= 11 is 0.985. The van der Waals surface area contributed by atoms with Crippen LogP contribution in [0.25, 0.3) is 0 Å². The van der Waals surface area contributed by atoms with Crippen LogP contribution in [-0.4, -0.2) is 11.2 Å². The van der Waals surface area contributed by atoms with E-state index >= 15 is 0 Å². The molecule has 3 heteroatoms. The molecule has 0 heterocycles. The molecule has 0 atom stereocenters. The minimum atomic E-state index is -0.225. The molecule has 1 aromatic carbocycles. The normalized spacial score (nSPS) is 9.27. The van der Waals surface area contributed by atoms with Gasteiger partial charge in [-0.25, -0.2) is 0 Å². The molecule has 0 aliphatic heterocycles. The van der Waals surface area contributed by atoms with Crippen molar-refractivity contribution in [2.45, 2.75) is 0 Å². The molecule has 0 aromatic heterocycles. The van der Waals surface area contributed by atoms with Crippen LogP contribution >= 0.6 is 0 Å². The molecule has 0 bridgehead atoms. The van der Waals surface area contributed by atoms with Gasteiger partial charge in [-0.1, -0.05) is 0 Å². The van der Waals surface area contributed by atoms with E-state index in [1.807, 2.05) is 18.2 Å². The first-order valence-electron chi connectivity index (χ1n) is 3.36. The van der Waals surface area contributed by atoms with E-state index in [4.69, 9.17) is 4.74 Å². The monoisotopic (exact) mass is 199 g/mol. The number of carbonyl (C=O) groups is 1. The maximum absolute atomic E-state index is 11.0. The molecule has 53 valence electrons. The standard InChI is InChI=1S/C8H7O2.Zn/c1-10-8(9)7-5-3-2-4-6-7;/h2-6H,1H2;. The van der Waals surface area contributed by atoms with Gasteiger partial charge in [0.1, 0.15) is 0 Å². The van der Waals surface area contributed by atoms with Gasteiger partial charge in [-0.05, 0) is 0 Å². The van der Waals surface area contributed by atoms with Crippen LogP contribution in [0.2, 0.25) is 0 Å². The zero-order valence-electron chi connectivity index (χ0n) is 6.12. The zero-order chi connectivity index (χ0) is 8.10. The topological polar surface area (TPSA) is 26.3 Å². The molecule has 0 aliphatic rings. The Balaban J connectivity index is 2.69. The molecule has 11 heavy (non-hydrogen) atoms. The van der Waals surface area contributed by atoms with E-state index in [0.717, 1.165) is 18.3 Å². The van der Waals surface area contributed by atoms with E-state index in [-0.39, 0.29) is 5.97 Å². The van der Waals surface area contributed by atoms with E-state index in [1.165, 1.54) is 0 Å². The molecule has 0 saturated heterocycles. The van der Waals surface area contributed by atoms with E-state index in [9.17, 15) is 4.79 Å². The van der Waals surface area contributed by atoms with Crippen LogP contribution in [0, 0.1) is 0 Å². The van der Waals surface area contributed by atoms with Crippen molar-refractivity contribution in [1.29, 1.82) is 0 Å². The van der Waals surface area contributed by atoms with Crippen molar-refractivity contribution < 1.29 is 27.8 Å². The minimum absolute atomic E-state index is 0.225. The number of benzene rings is 1. The predicted molar refractivity (Wildman–Crippen MR) is 36.7 cm³/mol. The Bertz CT molecular complexity index is 233. The van der Waals surface area contributed by atoms with Crippen molar-refractivity contribution in [3.05, 3.63) is 35.9 Å². The number of rotatable bonds is 2. The van der Waals surface area contributed by atoms with Crippen molar-refractivity contribution in [2.75, 3.05) is 5.20 Å². The van der Waals surface area contributed by atoms with Crippen molar-refractivity contribution in [3.8, 4) is 0 Å². The van der Waals surface area contributed by atoms with Gasteiger partial charge >= 0.3 is 74.9 Å². The fourth-order valence-corrected chi connectivity index (χ4v) is 1.14. The van der Waals surface area contributed by atoms with E-state index in [2.05, 4.69) is 0 Å². The quantitative estimate of drug-likeness (QED) is 0.532. The first kappa shape index (κ1) is 8.41. The van der Waals surface area contributed by atoms with E-state index in [1.54, 1.807) is 12.1 Å². The second-order valence-electron chi connectivity index (χ2n) is 2.00. The van der Waals surface area contributed by atoms with Crippen LogP contribution in [-0.2, 0) is 23.0 Å². The van der Waals surface area contributed by atoms with Crippen LogP contribution in [0.4, 0.5) is 0 Å². The summed E-state index contributed by atoms with van der Waals surface area (Å²) in [7, 11) is 0. The molecule has 0 fully saturated rings. The van der Waals surface area contributed by atoms with Gasteiger partial charge < -0.3 is 0 Å². The summed E-state index contributed by atoms with van der Waals surface area (Å²) in [4.78, 5) is 11.0. The van der Waals surface area contributed by atoms with Crippen LogP contribution in [0.1, 0.15) is 10.4 Å². The molecule has 0 N–H and O–H groups in total. The average molecular weight is 201 g/mol. The Hall–Kier alpha value is -0.687. The average Bonchev–Trinajstić information content (AvgIpc) is 2.07. The molecular formula is C8H7O2Zn. The molecule has 0 unspecified atom stereocenters. The van der Waals surface area contributed by atoms with Crippen molar-refractivity contribution in [1.82, 2.24) is 0 Å². The van der Waals surface area contributed by atoms with Gasteiger partial charge in [0.15, 0.2) is 0 Å². The SMILES string of the molecule is O=C(O[CH2][Zn])c1ccccc1. The molecule has 1 rings (SSSR count). The Labute approximate surface area is 75.2 Å². The number of hydrogen-bond acceptors (Lipinski definition) is 2. The third-order valence-corrected chi connectivity index (χ3v) is 1.67. The molecule has 1 aromatic rings. The van der Waals surface area contributed by atoms with Gasteiger partial charge in [0, 0.05) is 0 Å². The van der Waals surface area contributed by atoms with Crippen LogP contribution in [0.3, 0.4) is 0 Å². The second-order valence-corrected chi connectivity index (χ2v) is 2.86. The Morgan fingerprint density at radius 3 is 2.55 bits per heavy atom. The van der Waals surface area contributed by atoms with Gasteiger partial charge in [0.2, 0.25) is 0 Å². The van der Waals surface area contributed by atoms with E-state index in [0.29, 0.717) is 10.8 Å². The van der Waals surface area contributed by atoms with Crippen LogP contribution in [0.5, 0.6) is 0 Å². The summed E-state index contributed by atoms with van der Waals surface area (Å²) in [5.74, 6) is -0.225. The summed E-state index contributed by atoms with van der Waals surface area (Å²) in [5, 5.41) is 0.549. The Kier molecular flexibility index (Phi) is 3.25. The maximum atomic E-state index is 11.0. The van der Waals surface area contributed by atoms with Gasteiger partial charge in [0.05, 0.1) is 0 Å². The van der Waals surface area contributed by atoms with Gasteiger partial charge in [-0.3, -0.25) is 0 Å². The third kappa shape index (κ3) is 2.43. The second kappa shape index (κ2) is 4.25. The molecule has 0 amide bonds. The first-order valence-corrected chi connectivity index (χ1v) is 5.46. The Morgan fingerprint density at radius 1 is 1.36 bits per heavy atom. The summed E-state index contributed by atoms with van der Waals surface area (Å²) in [6.45, 7) is 0. The molecule has 0 aliphatic carbocycles. The van der Waals surface area contributed by atoms with Crippen molar-refractivity contribution in [3.63, 3.8) is 0 Å². The summed E-state index contributed by atoms with van der Waals surface area (Å²) in [6, 6.07) is 9.01. The first-order chi connectivity index (χ1) is 5.34. The molecule has 0 spiro atoms. The summed E-state index contributed by atoms with van der Waals surface area (Å²) < 4.78 is 4.84. The van der Waals surface area contributed by atoms with Crippen molar-refractivity contribution >= 4 is 5.97 Å². The van der Waals surface area contributed by atoms with Gasteiger partial charge in [-0.15, -0.1) is 0 Å². The van der Waals surface area contributed by atoms with Crippen molar-refractivity contribution in [2.24, 2.45) is 0 Å². The molecule has 0 radical (unpaired) electrons. The molecule has 2 nitrogen and oxygen atoms in total. The number of esters is 1. The molecular weight excluding hydrogens is 193 g/mol. The van der Waals surface area contributed by atoms with Crippen LogP contribution in [0.15, 0.2) is 30.3 Å². The van der Waals surface area contributed by atoms with Gasteiger partial charge in [0.25, 0.3) is 0 Å². The predicted octanol–water partition coefficient (Wildman–Crippen LogP) is 1.35. The van der Waals surface area contributed by atoms with E-state index < -0.39 is 0 Å². The fraction of sp³-hybridized carbons (Fsp3) is 0.125.